The van der Waals surface area contributed by atoms with Gasteiger partial charge in [0, 0.05) is 32.0 Å². The fourth-order valence-corrected chi connectivity index (χ4v) is 2.88. The van der Waals surface area contributed by atoms with E-state index in [2.05, 4.69) is 25.7 Å². The molecule has 0 unspecified atom stereocenters. The summed E-state index contributed by atoms with van der Waals surface area (Å²) < 4.78 is 39.2. The number of nitrogens with zero attached hydrogens (tertiary/aromatic N) is 4. The minimum Gasteiger partial charge on any atom is -0.368 e. The molecule has 0 fully saturated rings. The largest absolute Gasteiger partial charge is 0.417 e. The number of fused-ring (bicyclic) bond motifs is 1. The molecule has 148 valence electrons. The van der Waals surface area contributed by atoms with Gasteiger partial charge in [-0.2, -0.15) is 18.3 Å². The number of aryl methyl sites for hydroxylation is 3. The van der Waals surface area contributed by atoms with Crippen LogP contribution in [-0.4, -0.2) is 38.7 Å². The van der Waals surface area contributed by atoms with Crippen molar-refractivity contribution >= 4 is 22.8 Å². The van der Waals surface area contributed by atoms with Gasteiger partial charge in [-0.3, -0.25) is 9.48 Å². The summed E-state index contributed by atoms with van der Waals surface area (Å²) in [6.07, 6.45) is -3.65. The monoisotopic (exact) mass is 392 g/mol. The fourth-order valence-electron chi connectivity index (χ4n) is 2.88. The van der Waals surface area contributed by atoms with Gasteiger partial charge in [-0.15, -0.1) is 0 Å². The molecule has 3 rings (SSSR count). The van der Waals surface area contributed by atoms with Crippen LogP contribution in [0, 0.1) is 13.8 Å². The molecule has 28 heavy (non-hydrogen) atoms. The van der Waals surface area contributed by atoms with Crippen LogP contribution in [0.15, 0.2) is 24.4 Å². The molecule has 0 saturated carbocycles. The number of hydrogen-bond acceptors (Lipinski definition) is 5. The Bertz CT molecular complexity index is 1010. The van der Waals surface area contributed by atoms with Gasteiger partial charge < -0.3 is 10.6 Å². The van der Waals surface area contributed by atoms with E-state index >= 15 is 0 Å². The maximum Gasteiger partial charge on any atom is 0.417 e. The number of alkyl halides is 3. The van der Waals surface area contributed by atoms with E-state index < -0.39 is 11.7 Å². The maximum atomic E-state index is 12.6. The second kappa shape index (κ2) is 7.45. The van der Waals surface area contributed by atoms with E-state index in [1.165, 1.54) is 6.07 Å². The molecule has 3 aromatic rings. The van der Waals surface area contributed by atoms with Gasteiger partial charge in [0.1, 0.15) is 5.82 Å². The topological polar surface area (TPSA) is 84.7 Å². The first-order valence-corrected chi connectivity index (χ1v) is 8.53. The summed E-state index contributed by atoms with van der Waals surface area (Å²) in [6, 6.07) is 3.91. The van der Waals surface area contributed by atoms with Gasteiger partial charge in [-0.25, -0.2) is 9.97 Å². The van der Waals surface area contributed by atoms with E-state index in [-0.39, 0.29) is 12.5 Å². The molecule has 0 radical (unpaired) electrons. The highest BCUT2D eigenvalue weighted by Gasteiger charge is 2.30. The lowest BCUT2D eigenvalue weighted by Gasteiger charge is -2.10. The molecule has 1 amide bonds. The third-order valence-corrected chi connectivity index (χ3v) is 4.15. The highest BCUT2D eigenvalue weighted by Crippen LogP contribution is 2.28. The van der Waals surface area contributed by atoms with Crippen molar-refractivity contribution in [3.8, 4) is 0 Å². The molecule has 0 aromatic carbocycles. The second-order valence-corrected chi connectivity index (χ2v) is 6.33. The van der Waals surface area contributed by atoms with Crippen molar-refractivity contribution in [2.24, 2.45) is 7.05 Å². The first-order valence-electron chi connectivity index (χ1n) is 8.53. The minimum atomic E-state index is -4.42. The Balaban J connectivity index is 1.62. The molecule has 3 aromatic heterocycles. The smallest absolute Gasteiger partial charge is 0.368 e. The van der Waals surface area contributed by atoms with Crippen molar-refractivity contribution in [3.63, 3.8) is 0 Å². The Hall–Kier alpha value is -3.17. The standard InChI is InChI=1S/C18H19F3N6O/c1-10-8-13(15-11(2)26-27(3)16(15)25-10)17(28)23-7-6-22-14-5-4-12(9-24-14)18(19,20)21/h4-5,8-9H,6-7H2,1-3H3,(H,22,24)(H,23,28). The van der Waals surface area contributed by atoms with Gasteiger partial charge in [-0.1, -0.05) is 0 Å². The number of rotatable bonds is 5. The summed E-state index contributed by atoms with van der Waals surface area (Å²) in [5.41, 5.74) is 1.72. The van der Waals surface area contributed by atoms with Crippen LogP contribution in [-0.2, 0) is 13.2 Å². The van der Waals surface area contributed by atoms with Crippen molar-refractivity contribution in [2.75, 3.05) is 18.4 Å². The van der Waals surface area contributed by atoms with Gasteiger partial charge in [0.25, 0.3) is 5.91 Å². The number of carbonyl (C=O) groups is 1. The number of anilines is 1. The van der Waals surface area contributed by atoms with Gasteiger partial charge in [0.05, 0.1) is 22.2 Å². The summed E-state index contributed by atoms with van der Waals surface area (Å²) in [6.45, 7) is 4.19. The van der Waals surface area contributed by atoms with Crippen LogP contribution >= 0.6 is 0 Å². The second-order valence-electron chi connectivity index (χ2n) is 6.33. The zero-order valence-corrected chi connectivity index (χ0v) is 15.6. The van der Waals surface area contributed by atoms with Crippen molar-refractivity contribution < 1.29 is 18.0 Å². The van der Waals surface area contributed by atoms with Crippen LogP contribution < -0.4 is 10.6 Å². The average molecular weight is 392 g/mol. The van der Waals surface area contributed by atoms with E-state index in [1.54, 1.807) is 24.7 Å². The number of hydrogen-bond donors (Lipinski definition) is 2. The third kappa shape index (κ3) is 4.05. The van der Waals surface area contributed by atoms with Crippen molar-refractivity contribution in [3.05, 3.63) is 46.9 Å². The average Bonchev–Trinajstić information content (AvgIpc) is 2.91. The Morgan fingerprint density at radius 1 is 1.21 bits per heavy atom. The van der Waals surface area contributed by atoms with Crippen molar-refractivity contribution in [1.82, 2.24) is 25.1 Å². The quantitative estimate of drug-likeness (QED) is 0.653. The number of nitrogens with one attached hydrogen (secondary N) is 2. The molecule has 0 aliphatic rings. The van der Waals surface area contributed by atoms with Crippen LogP contribution in [0.5, 0.6) is 0 Å². The SMILES string of the molecule is Cc1cc(C(=O)NCCNc2ccc(C(F)(F)F)cn2)c2c(C)nn(C)c2n1. The summed E-state index contributed by atoms with van der Waals surface area (Å²) in [7, 11) is 1.77. The molecule has 0 atom stereocenters. The molecular weight excluding hydrogens is 373 g/mol. The summed E-state index contributed by atoms with van der Waals surface area (Å²) in [5.74, 6) is 0.0290. The number of carbonyl (C=O) groups excluding carboxylic acids is 1. The highest BCUT2D eigenvalue weighted by molar-refractivity contribution is 6.06. The lowest BCUT2D eigenvalue weighted by Crippen LogP contribution is -2.29. The van der Waals surface area contributed by atoms with Crippen LogP contribution in [0.3, 0.4) is 0 Å². The van der Waals surface area contributed by atoms with Crippen LogP contribution in [0.4, 0.5) is 19.0 Å². The predicted octanol–water partition coefficient (Wildman–Crippen LogP) is 2.84. The summed E-state index contributed by atoms with van der Waals surface area (Å²) >= 11 is 0. The minimum absolute atomic E-state index is 0.268. The lowest BCUT2D eigenvalue weighted by molar-refractivity contribution is -0.137. The van der Waals surface area contributed by atoms with Gasteiger partial charge >= 0.3 is 6.18 Å². The van der Waals surface area contributed by atoms with Gasteiger partial charge in [-0.05, 0) is 32.0 Å². The van der Waals surface area contributed by atoms with Crippen LogP contribution in [0.25, 0.3) is 11.0 Å². The molecular formula is C18H19F3N6O. The van der Waals surface area contributed by atoms with E-state index in [0.29, 0.717) is 40.3 Å². The Morgan fingerprint density at radius 2 is 1.96 bits per heavy atom. The third-order valence-electron chi connectivity index (χ3n) is 4.15. The first-order chi connectivity index (χ1) is 13.2. The normalized spacial score (nSPS) is 11.6. The summed E-state index contributed by atoms with van der Waals surface area (Å²) in [4.78, 5) is 20.7. The number of aromatic nitrogens is 4. The lowest BCUT2D eigenvalue weighted by atomic mass is 10.1. The first kappa shape index (κ1) is 19.6. The Labute approximate surface area is 159 Å². The van der Waals surface area contributed by atoms with Crippen molar-refractivity contribution in [1.29, 1.82) is 0 Å². The molecule has 0 bridgehead atoms. The van der Waals surface area contributed by atoms with Crippen LogP contribution in [0.1, 0.15) is 27.3 Å². The zero-order valence-electron chi connectivity index (χ0n) is 15.6. The molecule has 3 heterocycles. The maximum absolute atomic E-state index is 12.6. The zero-order chi connectivity index (χ0) is 20.5. The number of amides is 1. The Morgan fingerprint density at radius 3 is 2.61 bits per heavy atom. The number of halogens is 3. The molecule has 7 nitrogen and oxygen atoms in total. The predicted molar refractivity (Wildman–Crippen MR) is 98.0 cm³/mol. The Kier molecular flexibility index (Phi) is 5.21. The fraction of sp³-hybridized carbons (Fsp3) is 0.333. The summed E-state index contributed by atoms with van der Waals surface area (Å²) in [5, 5.41) is 10.7. The van der Waals surface area contributed by atoms with E-state index in [4.69, 9.17) is 0 Å². The molecule has 0 saturated heterocycles. The number of pyridine rings is 2. The van der Waals surface area contributed by atoms with E-state index in [0.717, 1.165) is 12.3 Å². The van der Waals surface area contributed by atoms with Crippen LogP contribution in [0.2, 0.25) is 0 Å². The van der Waals surface area contributed by atoms with Crippen molar-refractivity contribution in [2.45, 2.75) is 20.0 Å². The van der Waals surface area contributed by atoms with Gasteiger partial charge in [0.15, 0.2) is 5.65 Å². The molecule has 10 heteroatoms. The van der Waals surface area contributed by atoms with E-state index in [9.17, 15) is 18.0 Å². The van der Waals surface area contributed by atoms with E-state index in [1.807, 2.05) is 6.92 Å². The highest BCUT2D eigenvalue weighted by atomic mass is 19.4. The molecule has 0 spiro atoms. The van der Waals surface area contributed by atoms with Gasteiger partial charge in [0.2, 0.25) is 0 Å². The molecule has 2 N–H and O–H groups in total. The molecule has 0 aliphatic carbocycles. The molecule has 0 aliphatic heterocycles.